The molecule has 0 aliphatic heterocycles. The molecule has 0 fully saturated rings. The highest BCUT2D eigenvalue weighted by atomic mass is 32.2. The maximum atomic E-state index is 13.0. The van der Waals surface area contributed by atoms with Crippen LogP contribution in [-0.2, 0) is 35.6 Å². The van der Waals surface area contributed by atoms with Crippen molar-refractivity contribution in [2.45, 2.75) is 43.3 Å². The van der Waals surface area contributed by atoms with Gasteiger partial charge >= 0.3 is 6.18 Å². The van der Waals surface area contributed by atoms with E-state index in [9.17, 15) is 21.6 Å². The zero-order chi connectivity index (χ0) is 17.4. The fraction of sp³-hybridized carbons (Fsp3) is 0.538. The van der Waals surface area contributed by atoms with E-state index in [1.165, 1.54) is 17.1 Å². The Balaban J connectivity index is 1.62. The van der Waals surface area contributed by atoms with Crippen LogP contribution in [0.5, 0.6) is 0 Å². The van der Waals surface area contributed by atoms with Crippen LogP contribution in [0.25, 0.3) is 0 Å². The number of fused-ring (bicyclic) bond motifs is 1. The first-order chi connectivity index (χ1) is 11.3. The van der Waals surface area contributed by atoms with Crippen LogP contribution in [0.4, 0.5) is 13.2 Å². The summed E-state index contributed by atoms with van der Waals surface area (Å²) >= 11 is 0. The molecule has 3 rings (SSSR count). The van der Waals surface area contributed by atoms with Crippen molar-refractivity contribution in [3.8, 4) is 0 Å². The molecule has 2 aromatic rings. The van der Waals surface area contributed by atoms with Gasteiger partial charge in [-0.25, -0.2) is 13.1 Å². The molecule has 2 heterocycles. The molecule has 0 radical (unpaired) electrons. The molecule has 7 nitrogen and oxygen atoms in total. The predicted molar refractivity (Wildman–Crippen MR) is 77.6 cm³/mol. The normalized spacial score (nSPS) is 15.0. The van der Waals surface area contributed by atoms with Gasteiger partial charge < -0.3 is 0 Å². The lowest BCUT2D eigenvalue weighted by molar-refractivity contribution is -0.142. The van der Waals surface area contributed by atoms with Gasteiger partial charge in [-0.3, -0.25) is 9.78 Å². The van der Waals surface area contributed by atoms with Gasteiger partial charge in [0, 0.05) is 30.5 Å². The third-order valence-corrected chi connectivity index (χ3v) is 5.33. The van der Waals surface area contributed by atoms with E-state index in [-0.39, 0.29) is 23.5 Å². The van der Waals surface area contributed by atoms with Crippen molar-refractivity contribution in [3.05, 3.63) is 29.3 Å². The smallest absolute Gasteiger partial charge is 0.284 e. The monoisotopic (exact) mass is 363 g/mol. The zero-order valence-corrected chi connectivity index (χ0v) is 13.4. The lowest BCUT2D eigenvalue weighted by Crippen LogP contribution is -2.25. The SMILES string of the molecule is O=S(=O)(NCCCn1nc(C(F)(F)F)c2c1CCC2)c1cn[nH]c1. The number of H-pyrrole nitrogens is 1. The third kappa shape index (κ3) is 3.31. The van der Waals surface area contributed by atoms with E-state index < -0.39 is 21.9 Å². The molecule has 2 aromatic heterocycles. The second-order valence-electron chi connectivity index (χ2n) is 5.53. The fourth-order valence-electron chi connectivity index (χ4n) is 2.83. The zero-order valence-electron chi connectivity index (χ0n) is 12.6. The molecule has 0 amide bonds. The Morgan fingerprint density at radius 3 is 2.79 bits per heavy atom. The van der Waals surface area contributed by atoms with Gasteiger partial charge in [0.05, 0.1) is 6.20 Å². The molecular weight excluding hydrogens is 347 g/mol. The van der Waals surface area contributed by atoms with Gasteiger partial charge in [0.1, 0.15) is 4.90 Å². The Morgan fingerprint density at radius 1 is 1.33 bits per heavy atom. The lowest BCUT2D eigenvalue weighted by Gasteiger charge is -2.07. The number of aromatic nitrogens is 4. The number of aromatic amines is 1. The number of nitrogens with zero attached hydrogens (tertiary/aromatic N) is 3. The number of sulfonamides is 1. The summed E-state index contributed by atoms with van der Waals surface area (Å²) in [6.45, 7) is 0.329. The molecule has 0 saturated carbocycles. The standard InChI is InChI=1S/C13H16F3N5O2S/c14-13(15,16)12-10-3-1-4-11(10)21(20-12)6-2-5-19-24(22,23)9-7-17-18-8-9/h7-8,19H,1-6H2,(H,17,18). The van der Waals surface area contributed by atoms with Crippen molar-refractivity contribution < 1.29 is 21.6 Å². The number of halogens is 3. The first-order valence-electron chi connectivity index (χ1n) is 7.43. The number of nitrogens with one attached hydrogen (secondary N) is 2. The van der Waals surface area contributed by atoms with Crippen molar-refractivity contribution in [1.82, 2.24) is 24.7 Å². The van der Waals surface area contributed by atoms with Crippen LogP contribution < -0.4 is 4.72 Å². The van der Waals surface area contributed by atoms with Gasteiger partial charge in [-0.1, -0.05) is 0 Å². The minimum atomic E-state index is -4.46. The summed E-state index contributed by atoms with van der Waals surface area (Å²) in [5.74, 6) is 0. The predicted octanol–water partition coefficient (Wildman–Crippen LogP) is 1.48. The van der Waals surface area contributed by atoms with Gasteiger partial charge in [-0.2, -0.15) is 23.4 Å². The quantitative estimate of drug-likeness (QED) is 0.761. The fourth-order valence-corrected chi connectivity index (χ4v) is 3.81. The topological polar surface area (TPSA) is 92.7 Å². The summed E-state index contributed by atoms with van der Waals surface area (Å²) in [5.41, 5.74) is 0.0791. The van der Waals surface area contributed by atoms with Crippen molar-refractivity contribution >= 4 is 10.0 Å². The van der Waals surface area contributed by atoms with Crippen LogP contribution in [0.2, 0.25) is 0 Å². The summed E-state index contributed by atoms with van der Waals surface area (Å²) in [7, 11) is -3.65. The molecule has 0 spiro atoms. The van der Waals surface area contributed by atoms with Gasteiger partial charge in [-0.15, -0.1) is 0 Å². The average Bonchev–Trinajstić information content (AvgIpc) is 3.19. The van der Waals surface area contributed by atoms with Crippen molar-refractivity contribution in [1.29, 1.82) is 0 Å². The van der Waals surface area contributed by atoms with Gasteiger partial charge in [0.25, 0.3) is 0 Å². The molecular formula is C13H16F3N5O2S. The summed E-state index contributed by atoms with van der Waals surface area (Å²) < 4.78 is 66.5. The molecule has 0 saturated heterocycles. The molecule has 1 aliphatic rings. The summed E-state index contributed by atoms with van der Waals surface area (Å²) in [6, 6.07) is 0. The van der Waals surface area contributed by atoms with Crippen molar-refractivity contribution in [3.63, 3.8) is 0 Å². The number of hydrogen-bond donors (Lipinski definition) is 2. The number of hydrogen-bond acceptors (Lipinski definition) is 4. The maximum absolute atomic E-state index is 13.0. The van der Waals surface area contributed by atoms with Crippen molar-refractivity contribution in [2.75, 3.05) is 6.54 Å². The highest BCUT2D eigenvalue weighted by Crippen LogP contribution is 2.36. The van der Waals surface area contributed by atoms with Crippen LogP contribution in [-0.4, -0.2) is 34.9 Å². The van der Waals surface area contributed by atoms with Gasteiger partial charge in [0.15, 0.2) is 5.69 Å². The summed E-state index contributed by atoms with van der Waals surface area (Å²) in [5, 5.41) is 9.66. The minimum Gasteiger partial charge on any atom is -0.284 e. The van der Waals surface area contributed by atoms with E-state index in [2.05, 4.69) is 20.0 Å². The first-order valence-corrected chi connectivity index (χ1v) is 8.91. The van der Waals surface area contributed by atoms with E-state index in [1.807, 2.05) is 0 Å². The van der Waals surface area contributed by atoms with Gasteiger partial charge in [-0.05, 0) is 25.7 Å². The Morgan fingerprint density at radius 2 is 2.12 bits per heavy atom. The Kier molecular flexibility index (Phi) is 4.38. The Hall–Kier alpha value is -1.88. The molecule has 11 heteroatoms. The van der Waals surface area contributed by atoms with Crippen LogP contribution in [0.1, 0.15) is 29.8 Å². The molecule has 1 aliphatic carbocycles. The molecule has 132 valence electrons. The van der Waals surface area contributed by atoms with E-state index in [0.717, 1.165) is 0 Å². The van der Waals surface area contributed by atoms with E-state index in [0.29, 0.717) is 31.4 Å². The number of alkyl halides is 3. The number of rotatable bonds is 6. The van der Waals surface area contributed by atoms with E-state index in [1.54, 1.807) is 0 Å². The Bertz CT molecular complexity index is 812. The largest absolute Gasteiger partial charge is 0.435 e. The lowest BCUT2D eigenvalue weighted by atomic mass is 10.2. The maximum Gasteiger partial charge on any atom is 0.435 e. The molecule has 2 N–H and O–H groups in total. The molecule has 0 atom stereocenters. The second-order valence-corrected chi connectivity index (χ2v) is 7.30. The average molecular weight is 363 g/mol. The van der Waals surface area contributed by atoms with E-state index >= 15 is 0 Å². The Labute approximate surface area is 136 Å². The van der Waals surface area contributed by atoms with Crippen molar-refractivity contribution in [2.24, 2.45) is 0 Å². The molecule has 0 unspecified atom stereocenters. The van der Waals surface area contributed by atoms with Crippen LogP contribution in [0.15, 0.2) is 17.3 Å². The van der Waals surface area contributed by atoms with Crippen LogP contribution in [0.3, 0.4) is 0 Å². The highest BCUT2D eigenvalue weighted by Gasteiger charge is 2.40. The highest BCUT2D eigenvalue weighted by molar-refractivity contribution is 7.89. The third-order valence-electron chi connectivity index (χ3n) is 3.90. The number of aryl methyl sites for hydroxylation is 1. The second kappa shape index (κ2) is 6.20. The van der Waals surface area contributed by atoms with E-state index in [4.69, 9.17) is 0 Å². The summed E-state index contributed by atoms with van der Waals surface area (Å²) in [4.78, 5) is 0.0156. The van der Waals surface area contributed by atoms with Gasteiger partial charge in [0.2, 0.25) is 10.0 Å². The summed E-state index contributed by atoms with van der Waals surface area (Å²) in [6.07, 6.45) is -0.0540. The minimum absolute atomic E-state index is 0.0156. The molecule has 24 heavy (non-hydrogen) atoms. The molecule has 0 bridgehead atoms. The first kappa shape index (κ1) is 17.0. The molecule has 0 aromatic carbocycles. The van der Waals surface area contributed by atoms with Crippen LogP contribution >= 0.6 is 0 Å². The van der Waals surface area contributed by atoms with Crippen LogP contribution in [0, 0.1) is 0 Å².